The maximum atomic E-state index is 13.0. The zero-order valence-electron chi connectivity index (χ0n) is 22.7. The van der Waals surface area contributed by atoms with Crippen LogP contribution in [0.25, 0.3) is 5.57 Å². The highest BCUT2D eigenvalue weighted by Gasteiger charge is 2.45. The summed E-state index contributed by atoms with van der Waals surface area (Å²) in [6.45, 7) is 0.821. The molecule has 4 rings (SSSR count). The Balaban J connectivity index is 1.88. The van der Waals surface area contributed by atoms with Crippen LogP contribution in [0.15, 0.2) is 34.8 Å². The van der Waals surface area contributed by atoms with Crippen molar-refractivity contribution in [1.29, 1.82) is 0 Å². The van der Waals surface area contributed by atoms with Crippen LogP contribution in [0.3, 0.4) is 0 Å². The van der Waals surface area contributed by atoms with Gasteiger partial charge in [-0.25, -0.2) is 0 Å². The Hall–Kier alpha value is -2.87. The van der Waals surface area contributed by atoms with Gasteiger partial charge in [-0.2, -0.15) is 0 Å². The molecule has 1 heterocycles. The van der Waals surface area contributed by atoms with Crippen molar-refractivity contribution in [3.8, 4) is 17.2 Å². The summed E-state index contributed by atoms with van der Waals surface area (Å²) < 4.78 is 23.1. The van der Waals surface area contributed by atoms with E-state index < -0.39 is 43.4 Å². The molecule has 6 atom stereocenters. The van der Waals surface area contributed by atoms with Gasteiger partial charge in [0, 0.05) is 18.9 Å². The lowest BCUT2D eigenvalue weighted by atomic mass is 9.89. The normalized spacial score (nSPS) is 28.4. The van der Waals surface area contributed by atoms with Gasteiger partial charge in [0.2, 0.25) is 17.9 Å². The molecule has 1 aliphatic heterocycles. The summed E-state index contributed by atoms with van der Waals surface area (Å²) in [5.41, 5.74) is 2.75. The van der Waals surface area contributed by atoms with Crippen molar-refractivity contribution >= 4 is 29.0 Å². The smallest absolute Gasteiger partial charge is 0.229 e. The number of aryl methyl sites for hydroxylation is 1. The first kappa shape index (κ1) is 30.1. The van der Waals surface area contributed by atoms with Gasteiger partial charge in [0.25, 0.3) is 0 Å². The second-order valence-corrected chi connectivity index (χ2v) is 10.7. The number of methoxy groups -OCH3 is 2. The minimum absolute atomic E-state index is 0.0893. The number of benzene rings is 1. The van der Waals surface area contributed by atoms with Crippen LogP contribution in [0, 0.1) is 0 Å². The number of allylic oxidation sites excluding steroid dienone is 4. The van der Waals surface area contributed by atoms with E-state index in [0.29, 0.717) is 35.3 Å². The van der Waals surface area contributed by atoms with Gasteiger partial charge in [0.05, 0.1) is 26.9 Å². The number of nitrogens with one attached hydrogen (secondary N) is 1. The average molecular weight is 578 g/mol. The topological polar surface area (TPSA) is 164 Å². The van der Waals surface area contributed by atoms with Crippen LogP contribution in [0.1, 0.15) is 30.9 Å². The number of ether oxygens (including phenoxy) is 4. The molecule has 1 aromatic carbocycles. The molecule has 12 heteroatoms. The predicted molar refractivity (Wildman–Crippen MR) is 147 cm³/mol. The molecule has 3 aliphatic rings. The molecule has 11 nitrogen and oxygen atoms in total. The van der Waals surface area contributed by atoms with Crippen LogP contribution >= 0.6 is 11.8 Å². The molecule has 40 heavy (non-hydrogen) atoms. The molecule has 218 valence electrons. The van der Waals surface area contributed by atoms with E-state index in [2.05, 4.69) is 5.32 Å². The van der Waals surface area contributed by atoms with Crippen LogP contribution in [0.5, 0.6) is 17.2 Å². The molecule has 1 aromatic rings. The molecule has 2 aliphatic carbocycles. The van der Waals surface area contributed by atoms with E-state index in [4.69, 9.17) is 18.9 Å². The first-order valence-corrected chi connectivity index (χ1v) is 14.1. The maximum absolute atomic E-state index is 13.0. The van der Waals surface area contributed by atoms with E-state index in [9.17, 15) is 30.0 Å². The quantitative estimate of drug-likeness (QED) is 0.312. The monoisotopic (exact) mass is 577 g/mol. The second-order valence-electron chi connectivity index (χ2n) is 9.74. The standard InChI is InChI=1S/C28H35NO10S/c1-13(31)29-19-8-5-14-9-20(38-28-25(35)24(34)23(33)21(12-30)39-28)26(36-2)27(37-3)22(14)17-7-6-16(40-4)10-15(32)11-18(17)19/h6-7,9,11,19,21,23-25,28,30,33-35H,5,8,10,12H2,1-4H3,(H,29,31). The molecule has 1 saturated heterocycles. The fourth-order valence-electron chi connectivity index (χ4n) is 5.24. The summed E-state index contributed by atoms with van der Waals surface area (Å²) in [6, 6.07) is 1.25. The van der Waals surface area contributed by atoms with E-state index in [1.165, 1.54) is 32.9 Å². The number of carbonyl (C=O) groups excluding carboxylic acids is 2. The molecule has 5 N–H and O–H groups in total. The van der Waals surface area contributed by atoms with Crippen molar-refractivity contribution < 1.29 is 49.0 Å². The van der Waals surface area contributed by atoms with Gasteiger partial charge in [-0.05, 0) is 52.9 Å². The third kappa shape index (κ3) is 5.92. The number of thioether (sulfide) groups is 1. The van der Waals surface area contributed by atoms with Crippen LogP contribution in [-0.2, 0) is 20.7 Å². The van der Waals surface area contributed by atoms with Crippen molar-refractivity contribution in [1.82, 2.24) is 5.32 Å². The lowest BCUT2D eigenvalue weighted by molar-refractivity contribution is -0.277. The SMILES string of the molecule is COc1c(OC2OC(CO)C(O)C(O)C2O)cc2c(c1OC)C1=CC=C(SC)CC(=O)C=C1C(NC(C)=O)CC2. The summed E-state index contributed by atoms with van der Waals surface area (Å²) in [7, 11) is 2.88. The minimum Gasteiger partial charge on any atom is -0.492 e. The Bertz CT molecular complexity index is 1240. The van der Waals surface area contributed by atoms with Gasteiger partial charge in [-0.15, -0.1) is 11.8 Å². The maximum Gasteiger partial charge on any atom is 0.229 e. The zero-order chi connectivity index (χ0) is 29.1. The van der Waals surface area contributed by atoms with E-state index in [0.717, 1.165) is 10.5 Å². The first-order chi connectivity index (χ1) is 19.1. The Morgan fingerprint density at radius 1 is 1.12 bits per heavy atom. The average Bonchev–Trinajstić information content (AvgIpc) is 3.05. The lowest BCUT2D eigenvalue weighted by Gasteiger charge is -2.39. The summed E-state index contributed by atoms with van der Waals surface area (Å²) in [4.78, 5) is 26.0. The highest BCUT2D eigenvalue weighted by Crippen LogP contribution is 2.49. The summed E-state index contributed by atoms with van der Waals surface area (Å²) in [5.74, 6) is 0.274. The Morgan fingerprint density at radius 2 is 1.85 bits per heavy atom. The fourth-order valence-corrected chi connectivity index (χ4v) is 5.73. The van der Waals surface area contributed by atoms with Crippen LogP contribution in [-0.4, -0.2) is 95.9 Å². The number of aliphatic hydroxyl groups is 4. The minimum atomic E-state index is -1.62. The molecule has 0 bridgehead atoms. The molecule has 0 radical (unpaired) electrons. The number of amides is 1. The number of hydrogen-bond donors (Lipinski definition) is 5. The highest BCUT2D eigenvalue weighted by atomic mass is 32.2. The van der Waals surface area contributed by atoms with Gasteiger partial charge < -0.3 is 44.7 Å². The Morgan fingerprint density at radius 3 is 2.48 bits per heavy atom. The fraction of sp³-hybridized carbons (Fsp3) is 0.500. The molecule has 1 fully saturated rings. The third-order valence-electron chi connectivity index (χ3n) is 7.18. The van der Waals surface area contributed by atoms with Crippen molar-refractivity contribution in [3.05, 3.63) is 45.9 Å². The van der Waals surface area contributed by atoms with Crippen LogP contribution < -0.4 is 19.5 Å². The number of fused-ring (bicyclic) bond motifs is 3. The largest absolute Gasteiger partial charge is 0.492 e. The van der Waals surface area contributed by atoms with Gasteiger partial charge in [-0.3, -0.25) is 9.59 Å². The summed E-state index contributed by atoms with van der Waals surface area (Å²) in [6.07, 6.45) is 1.07. The van der Waals surface area contributed by atoms with Crippen molar-refractivity contribution in [2.45, 2.75) is 62.9 Å². The molecular weight excluding hydrogens is 542 g/mol. The number of hydrogen-bond acceptors (Lipinski definition) is 11. The van der Waals surface area contributed by atoms with Gasteiger partial charge in [0.1, 0.15) is 24.4 Å². The predicted octanol–water partition coefficient (Wildman–Crippen LogP) is 0.863. The third-order valence-corrected chi connectivity index (χ3v) is 7.99. The second kappa shape index (κ2) is 12.8. The zero-order valence-corrected chi connectivity index (χ0v) is 23.6. The number of carbonyl (C=O) groups is 2. The molecule has 0 spiro atoms. The van der Waals surface area contributed by atoms with Gasteiger partial charge >= 0.3 is 0 Å². The highest BCUT2D eigenvalue weighted by molar-refractivity contribution is 8.02. The van der Waals surface area contributed by atoms with E-state index >= 15 is 0 Å². The summed E-state index contributed by atoms with van der Waals surface area (Å²) >= 11 is 1.48. The first-order valence-electron chi connectivity index (χ1n) is 12.9. The van der Waals surface area contributed by atoms with Crippen LogP contribution in [0.4, 0.5) is 0 Å². The Kier molecular flexibility index (Phi) is 9.60. The van der Waals surface area contributed by atoms with Crippen molar-refractivity contribution in [2.24, 2.45) is 0 Å². The van der Waals surface area contributed by atoms with Crippen molar-refractivity contribution in [3.63, 3.8) is 0 Å². The Labute approximate surface area is 236 Å². The van der Waals surface area contributed by atoms with E-state index in [1.807, 2.05) is 18.4 Å². The number of rotatable bonds is 7. The van der Waals surface area contributed by atoms with E-state index in [-0.39, 0.29) is 29.6 Å². The van der Waals surface area contributed by atoms with Gasteiger partial charge in [-0.1, -0.05) is 12.2 Å². The molecule has 1 amide bonds. The lowest BCUT2D eigenvalue weighted by Crippen LogP contribution is -2.60. The number of aliphatic hydroxyl groups excluding tert-OH is 4. The van der Waals surface area contributed by atoms with Crippen LogP contribution in [0.2, 0.25) is 0 Å². The summed E-state index contributed by atoms with van der Waals surface area (Å²) in [5, 5.41) is 43.5. The van der Waals surface area contributed by atoms with Crippen molar-refractivity contribution in [2.75, 3.05) is 27.1 Å². The van der Waals surface area contributed by atoms with E-state index in [1.54, 1.807) is 12.1 Å². The number of ketones is 1. The van der Waals surface area contributed by atoms with Gasteiger partial charge in [0.15, 0.2) is 17.3 Å². The molecule has 0 saturated carbocycles. The molecule has 6 unspecified atom stereocenters. The molecule has 0 aromatic heterocycles. The molecular formula is C28H35NO10S.